The van der Waals surface area contributed by atoms with Crippen molar-refractivity contribution in [1.82, 2.24) is 4.90 Å². The molecule has 1 N–H and O–H groups in total. The van der Waals surface area contributed by atoms with Crippen molar-refractivity contribution in [2.24, 2.45) is 17.3 Å². The van der Waals surface area contributed by atoms with Crippen LogP contribution in [-0.2, 0) is 14.3 Å². The van der Waals surface area contributed by atoms with Crippen LogP contribution in [0.15, 0.2) is 6.07 Å². The maximum Gasteiger partial charge on any atom is 0.348 e. The first-order valence-corrected chi connectivity index (χ1v) is 12.9. The van der Waals surface area contributed by atoms with Crippen molar-refractivity contribution in [2.75, 3.05) is 31.2 Å². The number of carboxylic acid groups (broad SMARTS) is 1. The Morgan fingerprint density at radius 3 is 2.53 bits per heavy atom. The van der Waals surface area contributed by atoms with Gasteiger partial charge in [0, 0.05) is 24.4 Å². The fourth-order valence-corrected chi connectivity index (χ4v) is 5.27. The van der Waals surface area contributed by atoms with Crippen LogP contribution in [0.2, 0.25) is 0 Å². The fourth-order valence-electron chi connectivity index (χ4n) is 4.43. The summed E-state index contributed by atoms with van der Waals surface area (Å²) in [4.78, 5) is 43.3. The molecule has 1 aliphatic carbocycles. The van der Waals surface area contributed by atoms with Crippen LogP contribution in [0.25, 0.3) is 0 Å². The molecule has 1 saturated heterocycles. The van der Waals surface area contributed by atoms with E-state index >= 15 is 0 Å². The van der Waals surface area contributed by atoms with E-state index in [2.05, 4.69) is 18.8 Å². The number of carbonyl (C=O) groups excluding carboxylic acids is 2. The summed E-state index contributed by atoms with van der Waals surface area (Å²) in [6, 6.07) is 0.760. The number of carbonyl (C=O) groups is 3. The van der Waals surface area contributed by atoms with Gasteiger partial charge in [0.2, 0.25) is 11.8 Å². The lowest BCUT2D eigenvalue weighted by molar-refractivity contribution is -0.134. The molecule has 1 aromatic rings. The van der Waals surface area contributed by atoms with Gasteiger partial charge in [-0.3, -0.25) is 14.5 Å². The Balaban J connectivity index is 2.10. The van der Waals surface area contributed by atoms with Crippen LogP contribution in [0.1, 0.15) is 74.9 Å². The van der Waals surface area contributed by atoms with E-state index in [1.807, 2.05) is 27.7 Å². The molecule has 0 radical (unpaired) electrons. The van der Waals surface area contributed by atoms with Crippen LogP contribution < -0.4 is 4.90 Å². The molecule has 2 amide bonds. The molecule has 8 heteroatoms. The average molecular weight is 489 g/mol. The molecule has 0 spiro atoms. The number of hydrogen-bond donors (Lipinski definition) is 1. The fraction of sp³-hybridized carbons (Fsp3) is 0.654. The zero-order chi connectivity index (χ0) is 25.0. The summed E-state index contributed by atoms with van der Waals surface area (Å²) >= 11 is 1.05. The van der Waals surface area contributed by atoms with Crippen molar-refractivity contribution in [1.29, 1.82) is 0 Å². The van der Waals surface area contributed by atoms with Gasteiger partial charge < -0.3 is 14.7 Å². The Kier molecular flexibility index (Phi) is 8.43. The lowest BCUT2D eigenvalue weighted by Crippen LogP contribution is -2.54. The standard InChI is InChI=1S/C26H36N2O5S/c1-6-27-13-14-33-16-21(24(27)30)28(23(29)18-9-7-17(2)8-10-18)20-15-19(11-12-26(3,4)5)34-22(20)25(31)32/h15,17-18,21H,6-10,13-14,16H2,1-5H3,(H,31,32)/t17-,18-,21-/m1/s1. The summed E-state index contributed by atoms with van der Waals surface area (Å²) in [5.74, 6) is 4.99. The van der Waals surface area contributed by atoms with E-state index in [1.54, 1.807) is 11.0 Å². The molecule has 7 nitrogen and oxygen atoms in total. The SMILES string of the molecule is CCN1CCOC[C@@H](N(c2cc(C#CC(C)(C)C)sc2C(=O)O)C(=O)[C@H]2CC[C@H](C)CC2)C1=O. The summed E-state index contributed by atoms with van der Waals surface area (Å²) in [6.07, 6.45) is 3.36. The van der Waals surface area contributed by atoms with Crippen molar-refractivity contribution >= 4 is 34.8 Å². The van der Waals surface area contributed by atoms with E-state index in [-0.39, 0.29) is 40.3 Å². The molecule has 2 aliphatic rings. The lowest BCUT2D eigenvalue weighted by Gasteiger charge is -2.36. The molecule has 3 rings (SSSR count). The van der Waals surface area contributed by atoms with E-state index in [1.165, 1.54) is 4.90 Å². The Hall–Kier alpha value is -2.37. The summed E-state index contributed by atoms with van der Waals surface area (Å²) in [5, 5.41) is 10.00. The summed E-state index contributed by atoms with van der Waals surface area (Å²) in [7, 11) is 0. The second-order valence-electron chi connectivity index (χ2n) is 10.3. The molecular weight excluding hydrogens is 452 g/mol. The second kappa shape index (κ2) is 10.9. The Morgan fingerprint density at radius 1 is 1.26 bits per heavy atom. The van der Waals surface area contributed by atoms with Gasteiger partial charge in [-0.15, -0.1) is 11.3 Å². The van der Waals surface area contributed by atoms with Gasteiger partial charge in [0.05, 0.1) is 23.8 Å². The van der Waals surface area contributed by atoms with Gasteiger partial charge in [-0.05, 0) is 65.4 Å². The first-order valence-electron chi connectivity index (χ1n) is 12.1. The van der Waals surface area contributed by atoms with Crippen molar-refractivity contribution < 1.29 is 24.2 Å². The monoisotopic (exact) mass is 488 g/mol. The van der Waals surface area contributed by atoms with Crippen molar-refractivity contribution in [3.8, 4) is 11.8 Å². The van der Waals surface area contributed by atoms with Gasteiger partial charge in [-0.2, -0.15) is 0 Å². The van der Waals surface area contributed by atoms with Crippen molar-refractivity contribution in [3.63, 3.8) is 0 Å². The molecule has 1 aromatic heterocycles. The van der Waals surface area contributed by atoms with E-state index < -0.39 is 12.0 Å². The molecule has 1 atom stereocenters. The maximum atomic E-state index is 13.9. The highest BCUT2D eigenvalue weighted by Crippen LogP contribution is 2.37. The van der Waals surface area contributed by atoms with Gasteiger partial charge in [0.1, 0.15) is 10.9 Å². The molecular formula is C26H36N2O5S. The molecule has 2 fully saturated rings. The maximum absolute atomic E-state index is 13.9. The van der Waals surface area contributed by atoms with Gasteiger partial charge in [-0.25, -0.2) is 4.79 Å². The van der Waals surface area contributed by atoms with Crippen LogP contribution in [0.5, 0.6) is 0 Å². The lowest BCUT2D eigenvalue weighted by atomic mass is 9.82. The highest BCUT2D eigenvalue weighted by molar-refractivity contribution is 7.15. The topological polar surface area (TPSA) is 87.2 Å². The minimum absolute atomic E-state index is 0.0239. The second-order valence-corrected chi connectivity index (χ2v) is 11.4. The number of anilines is 1. The van der Waals surface area contributed by atoms with E-state index in [0.717, 1.165) is 37.0 Å². The van der Waals surface area contributed by atoms with Crippen molar-refractivity contribution in [2.45, 2.75) is 66.3 Å². The number of nitrogens with zero attached hydrogens (tertiary/aromatic N) is 2. The highest BCUT2D eigenvalue weighted by Gasteiger charge is 2.41. The van der Waals surface area contributed by atoms with Crippen LogP contribution in [0.3, 0.4) is 0 Å². The summed E-state index contributed by atoms with van der Waals surface area (Å²) in [6.45, 7) is 11.4. The van der Waals surface area contributed by atoms with Gasteiger partial charge >= 0.3 is 5.97 Å². The van der Waals surface area contributed by atoms with Gasteiger partial charge in [0.25, 0.3) is 0 Å². The van der Waals surface area contributed by atoms with E-state index in [0.29, 0.717) is 30.5 Å². The van der Waals surface area contributed by atoms with Crippen LogP contribution in [0.4, 0.5) is 5.69 Å². The third-order valence-corrected chi connectivity index (χ3v) is 7.43. The molecule has 0 unspecified atom stereocenters. The third-order valence-electron chi connectivity index (χ3n) is 6.40. The van der Waals surface area contributed by atoms with Crippen molar-refractivity contribution in [3.05, 3.63) is 15.8 Å². The first-order chi connectivity index (χ1) is 16.0. The number of rotatable bonds is 5. The highest BCUT2D eigenvalue weighted by atomic mass is 32.1. The smallest absolute Gasteiger partial charge is 0.348 e. The normalized spacial score (nSPS) is 23.6. The average Bonchev–Trinajstić information content (AvgIpc) is 3.11. The minimum atomic E-state index is -1.13. The molecule has 1 saturated carbocycles. The van der Waals surface area contributed by atoms with E-state index in [9.17, 15) is 19.5 Å². The molecule has 186 valence electrons. The van der Waals surface area contributed by atoms with Gasteiger partial charge in [0.15, 0.2) is 0 Å². The molecule has 0 aromatic carbocycles. The molecule has 0 bridgehead atoms. The number of hydrogen-bond acceptors (Lipinski definition) is 5. The Morgan fingerprint density at radius 2 is 1.94 bits per heavy atom. The molecule has 1 aliphatic heterocycles. The largest absolute Gasteiger partial charge is 0.477 e. The van der Waals surface area contributed by atoms with Crippen LogP contribution in [0, 0.1) is 29.1 Å². The summed E-state index contributed by atoms with van der Waals surface area (Å²) in [5.41, 5.74) is -0.00611. The zero-order valence-electron chi connectivity index (χ0n) is 20.8. The first kappa shape index (κ1) is 26.2. The number of aromatic carboxylic acids is 1. The number of thiophene rings is 1. The predicted octanol–water partition coefficient (Wildman–Crippen LogP) is 4.25. The number of likely N-dealkylation sites (N-methyl/N-ethyl adjacent to an activating group) is 1. The molecule has 2 heterocycles. The quantitative estimate of drug-likeness (QED) is 0.626. The number of ether oxygens (including phenoxy) is 1. The van der Waals surface area contributed by atoms with Gasteiger partial charge in [-0.1, -0.05) is 18.8 Å². The zero-order valence-corrected chi connectivity index (χ0v) is 21.7. The van der Waals surface area contributed by atoms with E-state index in [4.69, 9.17) is 4.74 Å². The molecule has 34 heavy (non-hydrogen) atoms. The Labute approximate surface area is 206 Å². The number of carboxylic acids is 1. The predicted molar refractivity (Wildman–Crippen MR) is 133 cm³/mol. The Bertz CT molecular complexity index is 976. The van der Waals surface area contributed by atoms with Crippen LogP contribution in [-0.4, -0.2) is 60.1 Å². The minimum Gasteiger partial charge on any atom is -0.477 e. The summed E-state index contributed by atoms with van der Waals surface area (Å²) < 4.78 is 5.74. The number of amides is 2. The van der Waals surface area contributed by atoms with Crippen LogP contribution >= 0.6 is 11.3 Å². The third kappa shape index (κ3) is 6.19.